The highest BCUT2D eigenvalue weighted by Crippen LogP contribution is 1.85. The highest BCUT2D eigenvalue weighted by Gasteiger charge is 2.03. The van der Waals surface area contributed by atoms with Crippen molar-refractivity contribution in [1.29, 1.82) is 0 Å². The van der Waals surface area contributed by atoms with Crippen LogP contribution < -0.4 is 10.6 Å². The minimum absolute atomic E-state index is 0.356. The molecule has 0 saturated heterocycles. The molecule has 24 heavy (non-hydrogen) atoms. The van der Waals surface area contributed by atoms with Gasteiger partial charge in [-0.15, -0.1) is 0 Å². The normalized spacial score (nSPS) is 14.0. The van der Waals surface area contributed by atoms with Gasteiger partial charge in [-0.2, -0.15) is 0 Å². The largest absolute Gasteiger partial charge is 0.389 e. The smallest absolute Gasteiger partial charge is 0.0897 e. The van der Waals surface area contributed by atoms with Gasteiger partial charge in [-0.3, -0.25) is 0 Å². The Hall–Kier alpha value is -0.320. The Labute approximate surface area is 145 Å². The Morgan fingerprint density at radius 1 is 0.667 bits per heavy atom. The van der Waals surface area contributed by atoms with Crippen molar-refractivity contribution in [2.24, 2.45) is 0 Å². The van der Waals surface area contributed by atoms with Gasteiger partial charge in [0.15, 0.2) is 0 Å². The summed E-state index contributed by atoms with van der Waals surface area (Å²) in [6.45, 7) is 10.3. The van der Waals surface area contributed by atoms with Crippen LogP contribution in [-0.4, -0.2) is 101 Å². The third kappa shape index (κ3) is 18.0. The lowest BCUT2D eigenvalue weighted by Crippen LogP contribution is -2.33. The van der Waals surface area contributed by atoms with Gasteiger partial charge in [-0.25, -0.2) is 0 Å². The molecule has 146 valence electrons. The van der Waals surface area contributed by atoms with Crippen LogP contribution >= 0.6 is 0 Å². The van der Waals surface area contributed by atoms with Gasteiger partial charge in [0.1, 0.15) is 0 Å². The molecular weight excluding hydrogens is 316 g/mol. The molecule has 0 aliphatic carbocycles. The number of hydrogen-bond donors (Lipinski definition) is 4. The van der Waals surface area contributed by atoms with E-state index in [4.69, 9.17) is 18.9 Å². The van der Waals surface area contributed by atoms with Crippen molar-refractivity contribution >= 4 is 0 Å². The van der Waals surface area contributed by atoms with Gasteiger partial charge < -0.3 is 39.8 Å². The fraction of sp³-hybridized carbons (Fsp3) is 1.00. The Bertz CT molecular complexity index is 225. The van der Waals surface area contributed by atoms with Crippen molar-refractivity contribution in [1.82, 2.24) is 10.6 Å². The lowest BCUT2D eigenvalue weighted by atomic mass is 10.4. The first kappa shape index (κ1) is 23.7. The lowest BCUT2D eigenvalue weighted by Gasteiger charge is -2.12. The summed E-state index contributed by atoms with van der Waals surface area (Å²) in [7, 11) is 0. The summed E-state index contributed by atoms with van der Waals surface area (Å²) >= 11 is 0. The van der Waals surface area contributed by atoms with Crippen molar-refractivity contribution in [3.63, 3.8) is 0 Å². The van der Waals surface area contributed by atoms with Crippen LogP contribution in [0.2, 0.25) is 0 Å². The number of hydrogen-bond acceptors (Lipinski definition) is 8. The summed E-state index contributed by atoms with van der Waals surface area (Å²) in [4.78, 5) is 0. The fourth-order valence-electron chi connectivity index (χ4n) is 1.77. The third-order valence-corrected chi connectivity index (χ3v) is 3.01. The van der Waals surface area contributed by atoms with E-state index in [1.807, 2.05) is 13.8 Å². The van der Waals surface area contributed by atoms with E-state index >= 15 is 0 Å². The molecule has 0 aromatic rings. The topological polar surface area (TPSA) is 101 Å². The number of nitrogens with one attached hydrogen (secondary N) is 2. The van der Waals surface area contributed by atoms with Gasteiger partial charge >= 0.3 is 0 Å². The summed E-state index contributed by atoms with van der Waals surface area (Å²) in [6, 6.07) is 0. The zero-order valence-electron chi connectivity index (χ0n) is 15.2. The molecule has 0 bridgehead atoms. The summed E-state index contributed by atoms with van der Waals surface area (Å²) < 4.78 is 21.0. The summed E-state index contributed by atoms with van der Waals surface area (Å²) in [5, 5.41) is 25.2. The number of ether oxygens (including phenoxy) is 4. The van der Waals surface area contributed by atoms with Crippen molar-refractivity contribution in [3.8, 4) is 0 Å². The van der Waals surface area contributed by atoms with Crippen molar-refractivity contribution < 1.29 is 29.2 Å². The number of aliphatic hydroxyl groups is 2. The van der Waals surface area contributed by atoms with E-state index in [1.54, 1.807) is 0 Å². The maximum Gasteiger partial charge on any atom is 0.0897 e. The summed E-state index contributed by atoms with van der Waals surface area (Å²) in [5.74, 6) is 0. The second-order valence-corrected chi connectivity index (χ2v) is 5.26. The van der Waals surface area contributed by atoms with Gasteiger partial charge in [0.2, 0.25) is 0 Å². The highest BCUT2D eigenvalue weighted by molar-refractivity contribution is 4.58. The average Bonchev–Trinajstić information content (AvgIpc) is 2.58. The molecule has 0 aromatic carbocycles. The van der Waals surface area contributed by atoms with Crippen LogP contribution in [-0.2, 0) is 18.9 Å². The van der Waals surface area contributed by atoms with Crippen LogP contribution in [0.25, 0.3) is 0 Å². The molecule has 0 aromatic heterocycles. The molecule has 4 N–H and O–H groups in total. The minimum atomic E-state index is -0.479. The van der Waals surface area contributed by atoms with E-state index in [1.165, 1.54) is 0 Å². The molecule has 0 spiro atoms. The first-order chi connectivity index (χ1) is 11.7. The van der Waals surface area contributed by atoms with Gasteiger partial charge in [0.25, 0.3) is 0 Å². The molecule has 8 nitrogen and oxygen atoms in total. The maximum absolute atomic E-state index is 9.52. The minimum Gasteiger partial charge on any atom is -0.389 e. The van der Waals surface area contributed by atoms with E-state index in [0.29, 0.717) is 79.0 Å². The van der Waals surface area contributed by atoms with Crippen molar-refractivity contribution in [3.05, 3.63) is 0 Å². The van der Waals surface area contributed by atoms with Crippen molar-refractivity contribution in [2.75, 3.05) is 79.0 Å². The molecule has 0 heterocycles. The number of rotatable bonds is 19. The Kier molecular flexibility index (Phi) is 18.8. The standard InChI is InChI=1S/C16H36N2O6/c1-3-21-13-15(19)11-17-5-7-23-9-10-24-8-6-18-12-16(20)14-22-4-2/h15-20H,3-14H2,1-2H3. The summed E-state index contributed by atoms with van der Waals surface area (Å²) in [6.07, 6.45) is -0.958. The van der Waals surface area contributed by atoms with Gasteiger partial charge in [-0.05, 0) is 13.8 Å². The molecule has 0 radical (unpaired) electrons. The highest BCUT2D eigenvalue weighted by atomic mass is 16.5. The molecule has 0 rings (SSSR count). The number of aliphatic hydroxyl groups excluding tert-OH is 2. The SMILES string of the molecule is CCOCC(O)CNCCOCCOCCNCC(O)COCC. The van der Waals surface area contributed by atoms with E-state index in [2.05, 4.69) is 10.6 Å². The molecule has 0 aliphatic rings. The molecule has 0 fully saturated rings. The Balaban J connectivity index is 3.12. The van der Waals surface area contributed by atoms with Crippen LogP contribution in [0, 0.1) is 0 Å². The quantitative estimate of drug-likeness (QED) is 0.220. The molecular formula is C16H36N2O6. The predicted octanol–water partition coefficient (Wildman–Crippen LogP) is -1.01. The van der Waals surface area contributed by atoms with Gasteiger partial charge in [0, 0.05) is 39.4 Å². The lowest BCUT2D eigenvalue weighted by molar-refractivity contribution is 0.0333. The third-order valence-electron chi connectivity index (χ3n) is 3.01. The van der Waals surface area contributed by atoms with E-state index in [9.17, 15) is 10.2 Å². The first-order valence-corrected chi connectivity index (χ1v) is 8.79. The van der Waals surface area contributed by atoms with Gasteiger partial charge in [-0.1, -0.05) is 0 Å². The van der Waals surface area contributed by atoms with Crippen LogP contribution in [0.3, 0.4) is 0 Å². The molecule has 0 aliphatic heterocycles. The molecule has 2 unspecified atom stereocenters. The second kappa shape index (κ2) is 19.0. The fourth-order valence-corrected chi connectivity index (χ4v) is 1.77. The molecule has 0 saturated carbocycles. The molecule has 8 heteroatoms. The second-order valence-electron chi connectivity index (χ2n) is 5.26. The van der Waals surface area contributed by atoms with Crippen LogP contribution in [0.5, 0.6) is 0 Å². The monoisotopic (exact) mass is 352 g/mol. The maximum atomic E-state index is 9.52. The van der Waals surface area contributed by atoms with Crippen molar-refractivity contribution in [2.45, 2.75) is 26.1 Å². The van der Waals surface area contributed by atoms with Gasteiger partial charge in [0.05, 0.1) is 51.8 Å². The van der Waals surface area contributed by atoms with Crippen LogP contribution in [0.1, 0.15) is 13.8 Å². The first-order valence-electron chi connectivity index (χ1n) is 8.79. The Morgan fingerprint density at radius 2 is 1.08 bits per heavy atom. The predicted molar refractivity (Wildman–Crippen MR) is 92.4 cm³/mol. The molecule has 2 atom stereocenters. The summed E-state index contributed by atoms with van der Waals surface area (Å²) in [5.41, 5.74) is 0. The van der Waals surface area contributed by atoms with E-state index in [0.717, 1.165) is 0 Å². The average molecular weight is 352 g/mol. The zero-order valence-corrected chi connectivity index (χ0v) is 15.2. The van der Waals surface area contributed by atoms with Crippen LogP contribution in [0.15, 0.2) is 0 Å². The zero-order chi connectivity index (χ0) is 17.9. The molecule has 0 amide bonds. The van der Waals surface area contributed by atoms with E-state index < -0.39 is 12.2 Å². The van der Waals surface area contributed by atoms with Crippen LogP contribution in [0.4, 0.5) is 0 Å². The Morgan fingerprint density at radius 3 is 1.46 bits per heavy atom. The van der Waals surface area contributed by atoms with E-state index in [-0.39, 0.29) is 0 Å².